The largest absolute Gasteiger partial charge is 0.504 e. The predicted molar refractivity (Wildman–Crippen MR) is 121 cm³/mol. The molecular weight excluding hydrogens is 446 g/mol. The molecule has 0 aliphatic carbocycles. The molecule has 1 aromatic carbocycles. The number of Topliss-reactive ketones (excluding diaryl/α,β-unsaturated/α-hetero) is 2. The van der Waals surface area contributed by atoms with Gasteiger partial charge in [0.05, 0.1) is 7.11 Å². The van der Waals surface area contributed by atoms with Crippen LogP contribution in [0.25, 0.3) is 0 Å². The molecule has 0 aromatic heterocycles. The fourth-order valence-corrected chi connectivity index (χ4v) is 4.42. The number of phenolic OH excluding ortho intramolecular Hbond substituents is 1. The van der Waals surface area contributed by atoms with Gasteiger partial charge >= 0.3 is 0 Å². The number of hydrogen-bond donors (Lipinski definition) is 4. The molecule has 1 fully saturated rings. The Morgan fingerprint density at radius 3 is 2.76 bits per heavy atom. The maximum atomic E-state index is 12.2. The first-order chi connectivity index (χ1) is 16.0. The third-order valence-corrected chi connectivity index (χ3v) is 6.38. The van der Waals surface area contributed by atoms with Crippen LogP contribution in [-0.4, -0.2) is 93.2 Å². The van der Waals surface area contributed by atoms with Crippen molar-refractivity contribution in [3.63, 3.8) is 0 Å². The van der Waals surface area contributed by atoms with E-state index in [9.17, 15) is 24.9 Å². The minimum absolute atomic E-state index is 0.00487. The van der Waals surface area contributed by atoms with Gasteiger partial charge in [-0.1, -0.05) is 6.07 Å². The van der Waals surface area contributed by atoms with Crippen LogP contribution in [0.3, 0.4) is 0 Å². The quantitative estimate of drug-likeness (QED) is 0.392. The van der Waals surface area contributed by atoms with Gasteiger partial charge in [0.2, 0.25) is 0 Å². The zero-order valence-electron chi connectivity index (χ0n) is 19.0. The molecule has 12 heteroatoms. The topological polar surface area (TPSA) is 180 Å². The number of hydrogen-bond acceptors (Lipinski definition) is 12. The number of aromatic hydroxyl groups is 1. The first-order valence-electron chi connectivity index (χ1n) is 10.7. The second-order valence-corrected chi connectivity index (χ2v) is 8.67. The zero-order valence-corrected chi connectivity index (χ0v) is 19.0. The number of nitrogens with zero attached hydrogens (tertiary/aromatic N) is 4. The highest BCUT2D eigenvalue weighted by Crippen LogP contribution is 2.37. The Hall–Kier alpha value is -3.19. The second-order valence-electron chi connectivity index (χ2n) is 8.67. The van der Waals surface area contributed by atoms with Gasteiger partial charge < -0.3 is 35.4 Å². The van der Waals surface area contributed by atoms with Gasteiger partial charge in [-0.2, -0.15) is 0 Å². The van der Waals surface area contributed by atoms with Crippen LogP contribution in [0.5, 0.6) is 11.5 Å². The minimum Gasteiger partial charge on any atom is -0.504 e. The SMILES string of the molecule is COc1cc(CC2(N)N=CN=C3C2=NCN3[C@H]2C[C@@](O)(C(C)=O)[C@@H](C(O)C(C)=O)O2)ccc1O. The van der Waals surface area contributed by atoms with Crippen molar-refractivity contribution in [1.82, 2.24) is 4.90 Å². The first-order valence-corrected chi connectivity index (χ1v) is 10.7. The van der Waals surface area contributed by atoms with E-state index in [1.807, 2.05) is 0 Å². The van der Waals surface area contributed by atoms with Crippen molar-refractivity contribution in [1.29, 1.82) is 0 Å². The Bertz CT molecular complexity index is 1120. The predicted octanol–water partition coefficient (Wildman–Crippen LogP) is -0.862. The molecule has 5 N–H and O–H groups in total. The van der Waals surface area contributed by atoms with Crippen molar-refractivity contribution >= 4 is 29.5 Å². The Morgan fingerprint density at radius 2 is 2.12 bits per heavy atom. The molecular formula is C22H27N5O7. The molecule has 3 aliphatic rings. The van der Waals surface area contributed by atoms with Crippen LogP contribution >= 0.6 is 0 Å². The number of fused-ring (bicyclic) bond motifs is 1. The summed E-state index contributed by atoms with van der Waals surface area (Å²) in [6.45, 7) is 2.40. The molecule has 0 bridgehead atoms. The average molecular weight is 473 g/mol. The van der Waals surface area contributed by atoms with Crippen LogP contribution < -0.4 is 10.5 Å². The Kier molecular flexibility index (Phi) is 6.02. The molecule has 12 nitrogen and oxygen atoms in total. The van der Waals surface area contributed by atoms with Crippen LogP contribution in [0.1, 0.15) is 25.8 Å². The van der Waals surface area contributed by atoms with Crippen LogP contribution in [-0.2, 0) is 20.7 Å². The normalized spacial score (nSPS) is 31.1. The van der Waals surface area contributed by atoms with Crippen molar-refractivity contribution in [3.8, 4) is 11.5 Å². The summed E-state index contributed by atoms with van der Waals surface area (Å²) in [6.07, 6.45) is -2.66. The van der Waals surface area contributed by atoms with E-state index in [2.05, 4.69) is 15.0 Å². The maximum Gasteiger partial charge on any atom is 0.164 e. The molecule has 0 spiro atoms. The summed E-state index contributed by atoms with van der Waals surface area (Å²) >= 11 is 0. The number of amidine groups is 1. The van der Waals surface area contributed by atoms with E-state index in [0.717, 1.165) is 12.5 Å². The number of ketones is 2. The molecule has 4 rings (SSSR count). The number of benzene rings is 1. The lowest BCUT2D eigenvalue weighted by molar-refractivity contribution is -0.158. The molecule has 3 aliphatic heterocycles. The van der Waals surface area contributed by atoms with Crippen molar-refractivity contribution in [2.24, 2.45) is 20.7 Å². The molecule has 2 unspecified atom stereocenters. The number of aliphatic hydroxyl groups is 2. The standard InChI is InChI=1S/C22H27N5O7/c1-11(28)17(31)19-21(32,12(2)29)8-16(34-19)27-10-25-18-20(27)24-9-26-22(18,23)7-13-4-5-14(30)15(6-13)33-3/h4-6,9,16-17,19,30-32H,7-8,10,23H2,1-3H3/t16-,17?,19-,21-,22?/m1/s1. The van der Waals surface area contributed by atoms with Crippen LogP contribution in [0.2, 0.25) is 0 Å². The number of carbonyl (C=O) groups excluding carboxylic acids is 2. The van der Waals surface area contributed by atoms with E-state index in [1.165, 1.54) is 26.4 Å². The van der Waals surface area contributed by atoms with Gasteiger partial charge in [0, 0.05) is 12.8 Å². The number of nitrogens with two attached hydrogens (primary N) is 1. The zero-order chi connectivity index (χ0) is 24.8. The summed E-state index contributed by atoms with van der Waals surface area (Å²) in [7, 11) is 1.44. The summed E-state index contributed by atoms with van der Waals surface area (Å²) in [4.78, 5) is 38.7. The van der Waals surface area contributed by atoms with Gasteiger partial charge in [-0.15, -0.1) is 0 Å². The lowest BCUT2D eigenvalue weighted by Crippen LogP contribution is -2.55. The highest BCUT2D eigenvalue weighted by Gasteiger charge is 2.57. The first kappa shape index (κ1) is 24.0. The van der Waals surface area contributed by atoms with E-state index in [-0.39, 0.29) is 25.3 Å². The second kappa shape index (κ2) is 8.55. The van der Waals surface area contributed by atoms with Crippen molar-refractivity contribution in [3.05, 3.63) is 23.8 Å². The number of phenols is 1. The van der Waals surface area contributed by atoms with Crippen LogP contribution in [0.15, 0.2) is 33.2 Å². The monoisotopic (exact) mass is 473 g/mol. The highest BCUT2D eigenvalue weighted by atomic mass is 16.6. The van der Waals surface area contributed by atoms with Gasteiger partial charge in [-0.25, -0.2) is 9.98 Å². The lowest BCUT2D eigenvalue weighted by atomic mass is 9.86. The summed E-state index contributed by atoms with van der Waals surface area (Å²) in [5.74, 6) is -0.604. The molecule has 1 saturated heterocycles. The summed E-state index contributed by atoms with van der Waals surface area (Å²) < 4.78 is 11.0. The summed E-state index contributed by atoms with van der Waals surface area (Å²) in [5.41, 5.74) is 4.41. The Balaban J connectivity index is 1.58. The average Bonchev–Trinajstić information content (AvgIpc) is 3.37. The van der Waals surface area contributed by atoms with Gasteiger partial charge in [-0.3, -0.25) is 14.6 Å². The summed E-state index contributed by atoms with van der Waals surface area (Å²) in [6, 6.07) is 4.84. The number of rotatable bonds is 7. The van der Waals surface area contributed by atoms with Gasteiger partial charge in [0.25, 0.3) is 0 Å². The fourth-order valence-electron chi connectivity index (χ4n) is 4.42. The highest BCUT2D eigenvalue weighted by molar-refractivity contribution is 6.47. The maximum absolute atomic E-state index is 12.2. The molecule has 0 amide bonds. The molecule has 5 atom stereocenters. The minimum atomic E-state index is -2.05. The third kappa shape index (κ3) is 3.88. The van der Waals surface area contributed by atoms with Gasteiger partial charge in [0.1, 0.15) is 37.2 Å². The molecule has 3 heterocycles. The van der Waals surface area contributed by atoms with E-state index in [4.69, 9.17) is 15.2 Å². The Labute approximate surface area is 195 Å². The number of ether oxygens (including phenoxy) is 2. The summed E-state index contributed by atoms with van der Waals surface area (Å²) in [5, 5.41) is 31.1. The Morgan fingerprint density at radius 1 is 1.38 bits per heavy atom. The lowest BCUT2D eigenvalue weighted by Gasteiger charge is -2.31. The molecule has 34 heavy (non-hydrogen) atoms. The molecule has 1 aromatic rings. The molecule has 0 radical (unpaired) electrons. The third-order valence-electron chi connectivity index (χ3n) is 6.38. The molecule has 182 valence electrons. The van der Waals surface area contributed by atoms with Crippen LogP contribution in [0.4, 0.5) is 0 Å². The van der Waals surface area contributed by atoms with Crippen LogP contribution in [0, 0.1) is 0 Å². The number of methoxy groups -OCH3 is 1. The van der Waals surface area contributed by atoms with Crippen molar-refractivity contribution in [2.75, 3.05) is 13.8 Å². The van der Waals surface area contributed by atoms with Crippen molar-refractivity contribution < 1.29 is 34.4 Å². The number of aliphatic hydroxyl groups excluding tert-OH is 1. The number of carbonyl (C=O) groups is 2. The van der Waals surface area contributed by atoms with E-state index >= 15 is 0 Å². The number of aliphatic imine (C=N–C) groups is 3. The smallest absolute Gasteiger partial charge is 0.164 e. The van der Waals surface area contributed by atoms with Gasteiger partial charge in [0.15, 0.2) is 40.2 Å². The van der Waals surface area contributed by atoms with E-state index in [1.54, 1.807) is 17.0 Å². The van der Waals surface area contributed by atoms with E-state index < -0.39 is 41.3 Å². The van der Waals surface area contributed by atoms with Gasteiger partial charge in [-0.05, 0) is 31.5 Å². The van der Waals surface area contributed by atoms with Crippen molar-refractivity contribution in [2.45, 2.75) is 56.4 Å². The molecule has 0 saturated carbocycles. The fraction of sp³-hybridized carbons (Fsp3) is 0.500. The van der Waals surface area contributed by atoms with E-state index in [0.29, 0.717) is 17.3 Å².